The highest BCUT2D eigenvalue weighted by Gasteiger charge is 2.11. The maximum Gasteiger partial charge on any atom is 0.287 e. The number of carbonyl (C=O) groups is 2. The van der Waals surface area contributed by atoms with E-state index in [9.17, 15) is 14.4 Å². The molecule has 0 bridgehead atoms. The zero-order chi connectivity index (χ0) is 21.5. The number of hydrogen-bond donors (Lipinski definition) is 3. The van der Waals surface area contributed by atoms with Crippen molar-refractivity contribution < 1.29 is 14.3 Å². The van der Waals surface area contributed by atoms with Gasteiger partial charge >= 0.3 is 0 Å². The number of benzene rings is 2. The van der Waals surface area contributed by atoms with Crippen LogP contribution in [-0.2, 0) is 0 Å². The zero-order valence-corrected chi connectivity index (χ0v) is 16.9. The third-order valence-corrected chi connectivity index (χ3v) is 4.24. The van der Waals surface area contributed by atoms with Crippen LogP contribution in [0.15, 0.2) is 53.3 Å². The molecule has 3 aromatic rings. The summed E-state index contributed by atoms with van der Waals surface area (Å²) < 4.78 is 5.55. The highest BCUT2D eigenvalue weighted by atomic mass is 16.5. The SMILES string of the molecule is CC(C)Oc1ccc(C(=O)NCCCNC(=O)c2nc3ccccc3c(=O)[nH]2)cc1. The van der Waals surface area contributed by atoms with Gasteiger partial charge in [-0.15, -0.1) is 0 Å². The second-order valence-electron chi connectivity index (χ2n) is 6.99. The first-order chi connectivity index (χ1) is 14.4. The molecule has 2 amide bonds. The number of aromatic amines is 1. The van der Waals surface area contributed by atoms with Crippen LogP contribution in [0.2, 0.25) is 0 Å². The van der Waals surface area contributed by atoms with Crippen LogP contribution in [0.4, 0.5) is 0 Å². The van der Waals surface area contributed by atoms with Gasteiger partial charge in [-0.3, -0.25) is 14.4 Å². The first kappa shape index (κ1) is 21.0. The minimum absolute atomic E-state index is 0.0357. The van der Waals surface area contributed by atoms with Gasteiger partial charge in [-0.05, 0) is 56.7 Å². The van der Waals surface area contributed by atoms with Gasteiger partial charge in [0.05, 0.1) is 17.0 Å². The van der Waals surface area contributed by atoms with Crippen LogP contribution in [0.5, 0.6) is 5.75 Å². The van der Waals surface area contributed by atoms with Crippen molar-refractivity contribution in [1.82, 2.24) is 20.6 Å². The highest BCUT2D eigenvalue weighted by Crippen LogP contribution is 2.13. The van der Waals surface area contributed by atoms with Gasteiger partial charge in [0.2, 0.25) is 0 Å². The third-order valence-electron chi connectivity index (χ3n) is 4.24. The summed E-state index contributed by atoms with van der Waals surface area (Å²) in [5, 5.41) is 5.92. The van der Waals surface area contributed by atoms with Gasteiger partial charge in [-0.1, -0.05) is 12.1 Å². The Bertz CT molecular complexity index is 1090. The number of ether oxygens (including phenoxy) is 1. The number of carbonyl (C=O) groups excluding carboxylic acids is 2. The van der Waals surface area contributed by atoms with Crippen molar-refractivity contribution >= 4 is 22.7 Å². The fourth-order valence-corrected chi connectivity index (χ4v) is 2.83. The van der Waals surface area contributed by atoms with Crippen molar-refractivity contribution in [2.75, 3.05) is 13.1 Å². The molecule has 0 unspecified atom stereocenters. The van der Waals surface area contributed by atoms with E-state index < -0.39 is 5.91 Å². The number of fused-ring (bicyclic) bond motifs is 1. The van der Waals surface area contributed by atoms with E-state index >= 15 is 0 Å². The number of H-pyrrole nitrogens is 1. The van der Waals surface area contributed by atoms with Gasteiger partial charge in [-0.25, -0.2) is 4.98 Å². The molecule has 3 N–H and O–H groups in total. The van der Waals surface area contributed by atoms with Crippen LogP contribution in [0.3, 0.4) is 0 Å². The topological polar surface area (TPSA) is 113 Å². The van der Waals surface area contributed by atoms with E-state index in [0.717, 1.165) is 0 Å². The largest absolute Gasteiger partial charge is 0.491 e. The van der Waals surface area contributed by atoms with Crippen LogP contribution in [0, 0.1) is 0 Å². The summed E-state index contributed by atoms with van der Waals surface area (Å²) in [7, 11) is 0. The Hall–Kier alpha value is -3.68. The van der Waals surface area contributed by atoms with Crippen LogP contribution in [0.1, 0.15) is 41.2 Å². The fraction of sp³-hybridized carbons (Fsp3) is 0.273. The normalized spacial score (nSPS) is 10.8. The van der Waals surface area contributed by atoms with E-state index in [0.29, 0.717) is 41.7 Å². The number of hydrogen-bond acceptors (Lipinski definition) is 5. The molecule has 0 fully saturated rings. The maximum absolute atomic E-state index is 12.2. The van der Waals surface area contributed by atoms with Gasteiger partial charge in [0, 0.05) is 18.7 Å². The number of aromatic nitrogens is 2. The lowest BCUT2D eigenvalue weighted by atomic mass is 10.2. The van der Waals surface area contributed by atoms with Crippen molar-refractivity contribution in [3.8, 4) is 5.75 Å². The summed E-state index contributed by atoms with van der Waals surface area (Å²) in [5.41, 5.74) is 0.638. The van der Waals surface area contributed by atoms with Crippen molar-refractivity contribution in [2.45, 2.75) is 26.4 Å². The van der Waals surface area contributed by atoms with E-state index in [1.54, 1.807) is 48.5 Å². The average Bonchev–Trinajstić information content (AvgIpc) is 2.73. The summed E-state index contributed by atoms with van der Waals surface area (Å²) in [5.74, 6) is 0.0129. The summed E-state index contributed by atoms with van der Waals surface area (Å²) in [6, 6.07) is 13.7. The van der Waals surface area contributed by atoms with Crippen LogP contribution in [-0.4, -0.2) is 41.0 Å². The number of para-hydroxylation sites is 1. The molecule has 0 radical (unpaired) electrons. The summed E-state index contributed by atoms with van der Waals surface area (Å²) in [4.78, 5) is 43.1. The van der Waals surface area contributed by atoms with E-state index in [1.165, 1.54) is 0 Å². The van der Waals surface area contributed by atoms with E-state index in [-0.39, 0.29) is 23.4 Å². The molecule has 3 rings (SSSR count). The summed E-state index contributed by atoms with van der Waals surface area (Å²) >= 11 is 0. The molecule has 156 valence electrons. The van der Waals surface area contributed by atoms with Crippen LogP contribution >= 0.6 is 0 Å². The number of amides is 2. The smallest absolute Gasteiger partial charge is 0.287 e. The van der Waals surface area contributed by atoms with Crippen LogP contribution < -0.4 is 20.9 Å². The fourth-order valence-electron chi connectivity index (χ4n) is 2.83. The number of nitrogens with one attached hydrogen (secondary N) is 3. The van der Waals surface area contributed by atoms with Gasteiger partial charge in [-0.2, -0.15) is 0 Å². The van der Waals surface area contributed by atoms with Crippen molar-refractivity contribution in [2.24, 2.45) is 0 Å². The lowest BCUT2D eigenvalue weighted by Gasteiger charge is -2.10. The average molecular weight is 408 g/mol. The Kier molecular flexibility index (Phi) is 6.79. The van der Waals surface area contributed by atoms with Crippen LogP contribution in [0.25, 0.3) is 10.9 Å². The molecular formula is C22H24N4O4. The molecule has 1 aromatic heterocycles. The first-order valence-electron chi connectivity index (χ1n) is 9.76. The molecular weight excluding hydrogens is 384 g/mol. The molecule has 8 nitrogen and oxygen atoms in total. The quantitative estimate of drug-likeness (QED) is 0.495. The van der Waals surface area contributed by atoms with Crippen molar-refractivity contribution in [1.29, 1.82) is 0 Å². The Balaban J connectivity index is 1.44. The lowest BCUT2D eigenvalue weighted by molar-refractivity contribution is 0.0942. The number of nitrogens with zero attached hydrogens (tertiary/aromatic N) is 1. The summed E-state index contributed by atoms with van der Waals surface area (Å²) in [6.45, 7) is 4.60. The molecule has 2 aromatic carbocycles. The van der Waals surface area contributed by atoms with Crippen molar-refractivity contribution in [3.63, 3.8) is 0 Å². The molecule has 0 saturated carbocycles. The molecule has 0 spiro atoms. The molecule has 8 heteroatoms. The third kappa shape index (κ3) is 5.44. The molecule has 0 aliphatic carbocycles. The van der Waals surface area contributed by atoms with Gasteiger partial charge in [0.1, 0.15) is 5.75 Å². The molecule has 30 heavy (non-hydrogen) atoms. The second-order valence-corrected chi connectivity index (χ2v) is 6.99. The standard InChI is InChI=1S/C22H24N4O4/c1-14(2)30-16-10-8-15(9-11-16)20(27)23-12-5-13-24-22(29)19-25-18-7-4-3-6-17(18)21(28)26-19/h3-4,6-11,14H,5,12-13H2,1-2H3,(H,23,27)(H,24,29)(H,25,26,28). The molecule has 0 aliphatic heterocycles. The first-order valence-corrected chi connectivity index (χ1v) is 9.76. The maximum atomic E-state index is 12.2. The van der Waals surface area contributed by atoms with E-state index in [1.807, 2.05) is 13.8 Å². The van der Waals surface area contributed by atoms with E-state index in [2.05, 4.69) is 20.6 Å². The Morgan fingerprint density at radius 1 is 1.00 bits per heavy atom. The Morgan fingerprint density at radius 3 is 2.37 bits per heavy atom. The Labute approximate surface area is 173 Å². The number of rotatable bonds is 8. The highest BCUT2D eigenvalue weighted by molar-refractivity contribution is 5.94. The second kappa shape index (κ2) is 9.69. The molecule has 0 aliphatic rings. The monoisotopic (exact) mass is 408 g/mol. The predicted molar refractivity (Wildman–Crippen MR) is 114 cm³/mol. The predicted octanol–water partition coefficient (Wildman–Crippen LogP) is 2.26. The minimum Gasteiger partial charge on any atom is -0.491 e. The molecule has 1 heterocycles. The van der Waals surface area contributed by atoms with Gasteiger partial charge in [0.15, 0.2) is 5.82 Å². The van der Waals surface area contributed by atoms with Gasteiger partial charge in [0.25, 0.3) is 17.4 Å². The minimum atomic E-state index is -0.468. The van der Waals surface area contributed by atoms with Gasteiger partial charge < -0.3 is 20.4 Å². The van der Waals surface area contributed by atoms with Crippen molar-refractivity contribution in [3.05, 3.63) is 70.3 Å². The molecule has 0 saturated heterocycles. The molecule has 0 atom stereocenters. The lowest BCUT2D eigenvalue weighted by Crippen LogP contribution is -2.31. The van der Waals surface area contributed by atoms with E-state index in [4.69, 9.17) is 4.74 Å². The Morgan fingerprint density at radius 2 is 1.67 bits per heavy atom. The zero-order valence-electron chi connectivity index (χ0n) is 16.9. The summed E-state index contributed by atoms with van der Waals surface area (Å²) in [6.07, 6.45) is 0.603.